The second-order valence-electron chi connectivity index (χ2n) is 5.78. The lowest BCUT2D eigenvalue weighted by atomic mass is 10.1. The molecule has 0 spiro atoms. The third-order valence-electron chi connectivity index (χ3n) is 3.67. The Morgan fingerprint density at radius 3 is 1.96 bits per heavy atom. The van der Waals surface area contributed by atoms with Crippen molar-refractivity contribution in [2.75, 3.05) is 6.54 Å². The molecule has 2 aliphatic rings. The van der Waals surface area contributed by atoms with Gasteiger partial charge in [0.05, 0.1) is 6.54 Å². The Balaban J connectivity index is 2.28. The fraction of sp³-hybridized carbons (Fsp3) is 0.667. The van der Waals surface area contributed by atoms with E-state index in [1.165, 1.54) is 18.7 Å². The van der Waals surface area contributed by atoms with Crippen LogP contribution in [0.2, 0.25) is 0 Å². The molecule has 5 atom stereocenters. The number of carbonyl (C=O) groups is 4. The highest BCUT2D eigenvalue weighted by atomic mass is 32.1. The molecule has 0 saturated carbocycles. The molecule has 2 fully saturated rings. The van der Waals surface area contributed by atoms with Crippen molar-refractivity contribution >= 4 is 41.2 Å². The number of nitrogens with zero attached hydrogens (tertiary/aromatic N) is 1. The summed E-state index contributed by atoms with van der Waals surface area (Å²) in [7, 11) is 0. The van der Waals surface area contributed by atoms with Crippen LogP contribution in [0.4, 0.5) is 0 Å². The second kappa shape index (κ2) is 7.96. The number of hydrogen-bond donors (Lipinski definition) is 0. The molecule has 0 aromatic rings. The largest absolute Gasteiger partial charge is 0.462 e. The average Bonchev–Trinajstić information content (AvgIpc) is 3.01. The maximum absolute atomic E-state index is 11.6. The summed E-state index contributed by atoms with van der Waals surface area (Å²) in [5, 5.41) is -0.0485. The van der Waals surface area contributed by atoms with Crippen molar-refractivity contribution in [3.05, 3.63) is 0 Å². The van der Waals surface area contributed by atoms with Gasteiger partial charge in [-0.15, -0.1) is 0 Å². The summed E-state index contributed by atoms with van der Waals surface area (Å²) in [6, 6.07) is 0. The Hall–Kier alpha value is -2.27. The van der Waals surface area contributed by atoms with E-state index in [0.717, 1.165) is 13.8 Å². The van der Waals surface area contributed by atoms with Crippen molar-refractivity contribution in [3.63, 3.8) is 0 Å². The monoisotopic (exact) mass is 389 g/mol. The van der Waals surface area contributed by atoms with Crippen LogP contribution in [0.5, 0.6) is 0 Å². The molecule has 1 amide bonds. The summed E-state index contributed by atoms with van der Waals surface area (Å²) in [5.41, 5.74) is 0. The van der Waals surface area contributed by atoms with Crippen LogP contribution in [0, 0.1) is 0 Å². The number of rotatable bonds is 4. The summed E-state index contributed by atoms with van der Waals surface area (Å²) in [5.74, 6) is -2.34. The number of carbonyl (C=O) groups excluding carboxylic acids is 4. The maximum Gasteiger partial charge on any atom is 0.305 e. The van der Waals surface area contributed by atoms with Crippen molar-refractivity contribution in [2.45, 2.75) is 58.4 Å². The van der Waals surface area contributed by atoms with Crippen molar-refractivity contribution in [1.29, 1.82) is 0 Å². The van der Waals surface area contributed by atoms with Crippen LogP contribution < -0.4 is 0 Å². The van der Waals surface area contributed by atoms with E-state index in [1.807, 2.05) is 0 Å². The average molecular weight is 389 g/mol. The van der Waals surface area contributed by atoms with Crippen molar-refractivity contribution < 1.29 is 42.9 Å². The van der Waals surface area contributed by atoms with E-state index in [4.69, 9.17) is 35.9 Å². The highest BCUT2D eigenvalue weighted by molar-refractivity contribution is 7.80. The fourth-order valence-electron chi connectivity index (χ4n) is 2.76. The molecule has 0 aromatic heterocycles. The molecular formula is C15H19NO9S. The van der Waals surface area contributed by atoms with Gasteiger partial charge >= 0.3 is 17.9 Å². The lowest BCUT2D eigenvalue weighted by Gasteiger charge is -2.24. The first-order valence-electron chi connectivity index (χ1n) is 7.76. The van der Waals surface area contributed by atoms with Crippen LogP contribution in [0.25, 0.3) is 0 Å². The highest BCUT2D eigenvalue weighted by Gasteiger charge is 2.56. The molecule has 0 unspecified atom stereocenters. The van der Waals surface area contributed by atoms with E-state index in [0.29, 0.717) is 0 Å². The van der Waals surface area contributed by atoms with Gasteiger partial charge in [0.15, 0.2) is 6.10 Å². The molecular weight excluding hydrogens is 370 g/mol. The summed E-state index contributed by atoms with van der Waals surface area (Å²) in [6.45, 7) is 4.85. The first kappa shape index (κ1) is 20.0. The Morgan fingerprint density at radius 2 is 1.50 bits per heavy atom. The van der Waals surface area contributed by atoms with E-state index in [1.54, 1.807) is 0 Å². The molecule has 26 heavy (non-hydrogen) atoms. The molecule has 0 aromatic carbocycles. The van der Waals surface area contributed by atoms with Gasteiger partial charge in [-0.2, -0.15) is 0 Å². The van der Waals surface area contributed by atoms with E-state index >= 15 is 0 Å². The SMILES string of the molecule is CC(=O)O[C@H]1O[C@@H]([C@H]2CN(C(C)=O)C(=S)O2)[C@H](OC(C)=O)[C@H]1OC(C)=O. The zero-order chi connectivity index (χ0) is 19.6. The van der Waals surface area contributed by atoms with Gasteiger partial charge in [-0.05, 0) is 12.2 Å². The van der Waals surface area contributed by atoms with Gasteiger partial charge in [0.25, 0.3) is 5.17 Å². The molecule has 2 rings (SSSR count). The zero-order valence-electron chi connectivity index (χ0n) is 14.6. The van der Waals surface area contributed by atoms with Crippen molar-refractivity contribution in [3.8, 4) is 0 Å². The maximum atomic E-state index is 11.6. The van der Waals surface area contributed by atoms with Gasteiger partial charge in [0, 0.05) is 27.7 Å². The van der Waals surface area contributed by atoms with Gasteiger partial charge in [-0.1, -0.05) is 0 Å². The normalized spacial score (nSPS) is 30.5. The van der Waals surface area contributed by atoms with Crippen LogP contribution in [0.3, 0.4) is 0 Å². The van der Waals surface area contributed by atoms with E-state index in [-0.39, 0.29) is 17.6 Å². The lowest BCUT2D eigenvalue weighted by Crippen LogP contribution is -2.45. The summed E-state index contributed by atoms with van der Waals surface area (Å²) >= 11 is 5.00. The van der Waals surface area contributed by atoms with Crippen molar-refractivity contribution in [2.24, 2.45) is 0 Å². The van der Waals surface area contributed by atoms with Gasteiger partial charge in [-0.3, -0.25) is 24.1 Å². The first-order chi connectivity index (χ1) is 12.1. The predicted octanol–water partition coefficient (Wildman–Crippen LogP) is -0.330. The molecule has 2 aliphatic heterocycles. The van der Waals surface area contributed by atoms with Crippen LogP contribution in [0.1, 0.15) is 27.7 Å². The molecule has 0 N–H and O–H groups in total. The van der Waals surface area contributed by atoms with Crippen LogP contribution >= 0.6 is 12.2 Å². The Labute approximate surface area is 154 Å². The van der Waals surface area contributed by atoms with E-state index < -0.39 is 48.6 Å². The number of esters is 3. The molecule has 144 valence electrons. The molecule has 11 heteroatoms. The Morgan fingerprint density at radius 1 is 0.962 bits per heavy atom. The summed E-state index contributed by atoms with van der Waals surface area (Å²) < 4.78 is 26.5. The summed E-state index contributed by atoms with van der Waals surface area (Å²) in [6.07, 6.45) is -5.37. The van der Waals surface area contributed by atoms with E-state index in [2.05, 4.69) is 0 Å². The Kier molecular flexibility index (Phi) is 6.13. The van der Waals surface area contributed by atoms with Crippen LogP contribution in [-0.2, 0) is 42.9 Å². The third-order valence-corrected chi connectivity index (χ3v) is 3.99. The third kappa shape index (κ3) is 4.47. The molecule has 2 heterocycles. The fourth-order valence-corrected chi connectivity index (χ4v) is 3.09. The quantitative estimate of drug-likeness (QED) is 0.359. The number of ether oxygens (including phenoxy) is 5. The smallest absolute Gasteiger partial charge is 0.305 e. The van der Waals surface area contributed by atoms with Gasteiger partial charge in [0.1, 0.15) is 12.2 Å². The molecule has 0 bridgehead atoms. The van der Waals surface area contributed by atoms with Gasteiger partial charge in [-0.25, -0.2) is 0 Å². The molecule has 2 saturated heterocycles. The van der Waals surface area contributed by atoms with Crippen molar-refractivity contribution in [1.82, 2.24) is 4.90 Å². The topological polar surface area (TPSA) is 118 Å². The minimum atomic E-state index is -1.30. The highest BCUT2D eigenvalue weighted by Crippen LogP contribution is 2.33. The first-order valence-corrected chi connectivity index (χ1v) is 8.16. The number of amides is 1. The standard InChI is InChI=1S/C15H19NO9S/c1-6(17)16-5-10(24-15(16)26)11-12(21-7(2)18)13(22-8(3)19)14(25-11)23-9(4)20/h10-14H,5H2,1-4H3/t10-,11+,12+,13-,14+/m1/s1. The minimum absolute atomic E-state index is 0.0485. The number of thiocarbonyl (C=S) groups is 1. The number of hydrogen-bond acceptors (Lipinski definition) is 10. The lowest BCUT2D eigenvalue weighted by molar-refractivity contribution is -0.197. The van der Waals surface area contributed by atoms with Crippen LogP contribution in [0.15, 0.2) is 0 Å². The molecule has 10 nitrogen and oxygen atoms in total. The second-order valence-corrected chi connectivity index (χ2v) is 6.13. The molecule has 0 radical (unpaired) electrons. The van der Waals surface area contributed by atoms with Gasteiger partial charge < -0.3 is 23.7 Å². The molecule has 0 aliphatic carbocycles. The minimum Gasteiger partial charge on any atom is -0.462 e. The van der Waals surface area contributed by atoms with Crippen LogP contribution in [-0.4, -0.2) is 71.1 Å². The zero-order valence-corrected chi connectivity index (χ0v) is 15.4. The predicted molar refractivity (Wildman–Crippen MR) is 86.4 cm³/mol. The van der Waals surface area contributed by atoms with Gasteiger partial charge in [0.2, 0.25) is 18.3 Å². The summed E-state index contributed by atoms with van der Waals surface area (Å²) in [4.78, 5) is 47.1. The Bertz CT molecular complexity index is 637. The van der Waals surface area contributed by atoms with E-state index in [9.17, 15) is 19.2 Å².